The van der Waals surface area contributed by atoms with Gasteiger partial charge in [-0.05, 0) is 61.8 Å². The fourth-order valence-electron chi connectivity index (χ4n) is 4.55. The summed E-state index contributed by atoms with van der Waals surface area (Å²) in [6.07, 6.45) is 14.3. The monoisotopic (exact) mass is 443 g/mol. The van der Waals surface area contributed by atoms with E-state index in [0.29, 0.717) is 16.1 Å². The van der Waals surface area contributed by atoms with Gasteiger partial charge in [0.1, 0.15) is 5.82 Å². The van der Waals surface area contributed by atoms with Crippen LogP contribution in [0.15, 0.2) is 36.8 Å². The highest BCUT2D eigenvalue weighted by Gasteiger charge is 2.22. The SMILES string of the molecule is Fc1cc2c(CCNSC3CC3)cn(CC3CCCC3)c2cc1-c1ccncc1Cl. The van der Waals surface area contributed by atoms with Gasteiger partial charge in [0, 0.05) is 59.0 Å². The third-order valence-corrected chi connectivity index (χ3v) is 7.79. The maximum atomic E-state index is 15.2. The topological polar surface area (TPSA) is 29.9 Å². The molecule has 0 atom stereocenters. The Hall–Kier alpha value is -1.56. The molecule has 3 aromatic rings. The summed E-state index contributed by atoms with van der Waals surface area (Å²) in [5.41, 5.74) is 3.58. The minimum atomic E-state index is -0.226. The van der Waals surface area contributed by atoms with Crippen LogP contribution in [0.1, 0.15) is 44.1 Å². The smallest absolute Gasteiger partial charge is 0.131 e. The molecule has 2 aromatic heterocycles. The number of nitrogens with zero attached hydrogens (tertiary/aromatic N) is 2. The van der Waals surface area contributed by atoms with E-state index in [2.05, 4.69) is 20.5 Å². The summed E-state index contributed by atoms with van der Waals surface area (Å²) in [5, 5.41) is 2.29. The zero-order valence-electron chi connectivity index (χ0n) is 17.0. The first kappa shape index (κ1) is 20.3. The molecule has 0 amide bonds. The molecule has 2 heterocycles. The molecule has 3 nitrogen and oxygen atoms in total. The van der Waals surface area contributed by atoms with Gasteiger partial charge in [0.25, 0.3) is 0 Å². The Labute approximate surface area is 186 Å². The molecule has 0 bridgehead atoms. The molecule has 30 heavy (non-hydrogen) atoms. The molecule has 1 aromatic carbocycles. The highest BCUT2D eigenvalue weighted by Crippen LogP contribution is 2.36. The van der Waals surface area contributed by atoms with Gasteiger partial charge in [-0.15, -0.1) is 0 Å². The van der Waals surface area contributed by atoms with E-state index in [1.54, 1.807) is 24.5 Å². The largest absolute Gasteiger partial charge is 0.347 e. The summed E-state index contributed by atoms with van der Waals surface area (Å²) in [6, 6.07) is 5.48. The van der Waals surface area contributed by atoms with Crippen molar-refractivity contribution >= 4 is 34.5 Å². The predicted octanol–water partition coefficient (Wildman–Crippen LogP) is 6.63. The third-order valence-electron chi connectivity index (χ3n) is 6.32. The maximum Gasteiger partial charge on any atom is 0.131 e. The average Bonchev–Trinajstić information content (AvgIpc) is 3.32. The van der Waals surface area contributed by atoms with Gasteiger partial charge in [-0.25, -0.2) is 4.39 Å². The van der Waals surface area contributed by atoms with Gasteiger partial charge in [-0.3, -0.25) is 9.71 Å². The van der Waals surface area contributed by atoms with Crippen LogP contribution in [-0.4, -0.2) is 21.3 Å². The quantitative estimate of drug-likeness (QED) is 0.313. The Bertz CT molecular complexity index is 1040. The van der Waals surface area contributed by atoms with Crippen LogP contribution in [0.25, 0.3) is 22.0 Å². The molecule has 0 radical (unpaired) electrons. The molecule has 2 aliphatic rings. The molecular weight excluding hydrogens is 417 g/mol. The minimum Gasteiger partial charge on any atom is -0.347 e. The Kier molecular flexibility index (Phi) is 6.03. The fraction of sp³-hybridized carbons (Fsp3) is 0.458. The number of halogens is 2. The lowest BCUT2D eigenvalue weighted by atomic mass is 10.0. The molecule has 1 N–H and O–H groups in total. The van der Waals surface area contributed by atoms with E-state index in [0.717, 1.165) is 41.6 Å². The van der Waals surface area contributed by atoms with Crippen molar-refractivity contribution in [1.82, 2.24) is 14.3 Å². The van der Waals surface area contributed by atoms with Crippen molar-refractivity contribution in [3.63, 3.8) is 0 Å². The number of aromatic nitrogens is 2. The van der Waals surface area contributed by atoms with Crippen LogP contribution in [0, 0.1) is 11.7 Å². The predicted molar refractivity (Wildman–Crippen MR) is 124 cm³/mol. The first-order valence-electron chi connectivity index (χ1n) is 11.0. The molecule has 6 heteroatoms. The molecule has 158 valence electrons. The van der Waals surface area contributed by atoms with E-state index in [1.807, 2.05) is 18.0 Å². The standard InChI is InChI=1S/C24H27ClFN3S/c25-22-13-27-9-8-19(22)21-12-24-20(11-23(21)26)17(7-10-28-30-18-5-6-18)15-29(24)14-16-3-1-2-4-16/h8-9,11-13,15-16,18,28H,1-7,10,14H2. The summed E-state index contributed by atoms with van der Waals surface area (Å²) < 4.78 is 21.0. The molecule has 0 saturated heterocycles. The molecular formula is C24H27ClFN3S. The van der Waals surface area contributed by atoms with Gasteiger partial charge in [0.2, 0.25) is 0 Å². The van der Waals surface area contributed by atoms with Crippen molar-refractivity contribution in [3.05, 3.63) is 53.2 Å². The van der Waals surface area contributed by atoms with Crippen molar-refractivity contribution in [2.45, 2.75) is 56.7 Å². The van der Waals surface area contributed by atoms with Crippen LogP contribution in [0.4, 0.5) is 4.39 Å². The van der Waals surface area contributed by atoms with Gasteiger partial charge in [0.05, 0.1) is 5.02 Å². The first-order valence-corrected chi connectivity index (χ1v) is 12.2. The highest BCUT2D eigenvalue weighted by molar-refractivity contribution is 7.98. The van der Waals surface area contributed by atoms with Crippen LogP contribution < -0.4 is 4.72 Å². The molecule has 2 aliphatic carbocycles. The van der Waals surface area contributed by atoms with Crippen molar-refractivity contribution < 1.29 is 4.39 Å². The summed E-state index contributed by atoms with van der Waals surface area (Å²) in [4.78, 5) is 4.04. The Morgan fingerprint density at radius 1 is 1.17 bits per heavy atom. The van der Waals surface area contributed by atoms with Gasteiger partial charge < -0.3 is 4.57 Å². The number of rotatable bonds is 8. The first-order chi connectivity index (χ1) is 14.7. The second-order valence-electron chi connectivity index (χ2n) is 8.62. The van der Waals surface area contributed by atoms with E-state index in [9.17, 15) is 0 Å². The lowest BCUT2D eigenvalue weighted by molar-refractivity contribution is 0.465. The van der Waals surface area contributed by atoms with Gasteiger partial charge in [-0.1, -0.05) is 36.4 Å². The lowest BCUT2D eigenvalue weighted by Crippen LogP contribution is -2.09. The fourth-order valence-corrected chi connectivity index (χ4v) is 5.60. The van der Waals surface area contributed by atoms with Crippen LogP contribution >= 0.6 is 23.5 Å². The van der Waals surface area contributed by atoms with E-state index in [4.69, 9.17) is 11.6 Å². The Morgan fingerprint density at radius 3 is 2.77 bits per heavy atom. The molecule has 0 spiro atoms. The zero-order valence-corrected chi connectivity index (χ0v) is 18.6. The number of hydrogen-bond donors (Lipinski definition) is 1. The van der Waals surface area contributed by atoms with Gasteiger partial charge in [-0.2, -0.15) is 0 Å². The number of fused-ring (bicyclic) bond motifs is 1. The van der Waals surface area contributed by atoms with E-state index >= 15 is 4.39 Å². The van der Waals surface area contributed by atoms with Crippen LogP contribution in [0.5, 0.6) is 0 Å². The van der Waals surface area contributed by atoms with Crippen molar-refractivity contribution in [2.24, 2.45) is 5.92 Å². The maximum absolute atomic E-state index is 15.2. The van der Waals surface area contributed by atoms with Crippen LogP contribution in [0.2, 0.25) is 5.02 Å². The summed E-state index contributed by atoms with van der Waals surface area (Å²) in [7, 11) is 0. The van der Waals surface area contributed by atoms with Crippen LogP contribution in [0.3, 0.4) is 0 Å². The molecule has 2 saturated carbocycles. The van der Waals surface area contributed by atoms with E-state index in [-0.39, 0.29) is 5.82 Å². The summed E-state index contributed by atoms with van der Waals surface area (Å²) in [6.45, 7) is 1.92. The summed E-state index contributed by atoms with van der Waals surface area (Å²) >= 11 is 8.19. The second kappa shape index (κ2) is 8.89. The lowest BCUT2D eigenvalue weighted by Gasteiger charge is -2.13. The number of pyridine rings is 1. The molecule has 5 rings (SSSR count). The molecule has 2 fully saturated rings. The minimum absolute atomic E-state index is 0.226. The third kappa shape index (κ3) is 4.39. The van der Waals surface area contributed by atoms with Crippen molar-refractivity contribution in [2.75, 3.05) is 6.54 Å². The highest BCUT2D eigenvalue weighted by atomic mass is 35.5. The molecule has 0 unspecified atom stereocenters. The Balaban J connectivity index is 1.49. The van der Waals surface area contributed by atoms with Crippen molar-refractivity contribution in [3.8, 4) is 11.1 Å². The second-order valence-corrected chi connectivity index (χ2v) is 10.2. The average molecular weight is 444 g/mol. The number of benzene rings is 1. The van der Waals surface area contributed by atoms with E-state index < -0.39 is 0 Å². The summed E-state index contributed by atoms with van der Waals surface area (Å²) in [5.74, 6) is 0.491. The number of hydrogen-bond acceptors (Lipinski definition) is 3. The van der Waals surface area contributed by atoms with Crippen LogP contribution in [-0.2, 0) is 13.0 Å². The number of nitrogens with one attached hydrogen (secondary N) is 1. The van der Waals surface area contributed by atoms with Gasteiger partial charge >= 0.3 is 0 Å². The van der Waals surface area contributed by atoms with E-state index in [1.165, 1.54) is 44.1 Å². The normalized spacial score (nSPS) is 17.3. The van der Waals surface area contributed by atoms with Gasteiger partial charge in [0.15, 0.2) is 0 Å². The van der Waals surface area contributed by atoms with Crippen molar-refractivity contribution in [1.29, 1.82) is 0 Å². The Morgan fingerprint density at radius 2 is 2.00 bits per heavy atom. The zero-order chi connectivity index (χ0) is 20.5. The molecule has 0 aliphatic heterocycles.